The number of benzene rings is 2. The van der Waals surface area contributed by atoms with Crippen LogP contribution in [-0.4, -0.2) is 34.1 Å². The van der Waals surface area contributed by atoms with Gasteiger partial charge >= 0.3 is 0 Å². The number of hydrazone groups is 1. The number of carbonyl (C=O) groups excluding carboxylic acids is 2. The van der Waals surface area contributed by atoms with E-state index >= 15 is 0 Å². The van der Waals surface area contributed by atoms with Crippen LogP contribution in [-0.2, 0) is 16.1 Å². The number of nitrogens with zero attached hydrogens (tertiary/aromatic N) is 3. The number of rotatable bonds is 7. The van der Waals surface area contributed by atoms with E-state index in [0.717, 1.165) is 32.9 Å². The molecule has 3 heterocycles. The zero-order chi connectivity index (χ0) is 22.6. The zero-order valence-electron chi connectivity index (χ0n) is 17.9. The van der Waals surface area contributed by atoms with Gasteiger partial charge in [0.15, 0.2) is 10.8 Å². The number of hydrogen-bond acceptors (Lipinski definition) is 6. The Morgan fingerprint density at radius 2 is 1.82 bits per heavy atom. The largest absolute Gasteiger partial charge is 0.457 e. The molecule has 0 atom stereocenters. The Labute approximate surface area is 194 Å². The van der Waals surface area contributed by atoms with E-state index in [0.29, 0.717) is 18.1 Å². The Bertz CT molecular complexity index is 1290. The number of furan rings is 1. The maximum atomic E-state index is 12.4. The quantitative estimate of drug-likeness (QED) is 0.439. The van der Waals surface area contributed by atoms with E-state index in [4.69, 9.17) is 4.42 Å². The third-order valence-electron chi connectivity index (χ3n) is 5.39. The summed E-state index contributed by atoms with van der Waals surface area (Å²) in [7, 11) is 0. The minimum absolute atomic E-state index is 0.108. The fraction of sp³-hybridized carbons (Fsp3) is 0.200. The van der Waals surface area contributed by atoms with Gasteiger partial charge in [0, 0.05) is 19.3 Å². The zero-order valence-corrected chi connectivity index (χ0v) is 18.7. The van der Waals surface area contributed by atoms with Crippen molar-refractivity contribution in [3.63, 3.8) is 0 Å². The molecule has 166 valence electrons. The first-order chi connectivity index (χ1) is 16.2. The van der Waals surface area contributed by atoms with Crippen molar-refractivity contribution < 1.29 is 14.0 Å². The van der Waals surface area contributed by atoms with Gasteiger partial charge in [0.05, 0.1) is 29.0 Å². The predicted octanol–water partition coefficient (Wildman–Crippen LogP) is 4.59. The molecule has 7 nitrogen and oxygen atoms in total. The van der Waals surface area contributed by atoms with Crippen molar-refractivity contribution in [2.75, 3.05) is 6.54 Å². The predicted molar refractivity (Wildman–Crippen MR) is 128 cm³/mol. The molecule has 8 heteroatoms. The van der Waals surface area contributed by atoms with Crippen LogP contribution in [0.15, 0.2) is 76.2 Å². The summed E-state index contributed by atoms with van der Waals surface area (Å²) < 4.78 is 6.95. The third-order valence-corrected chi connectivity index (χ3v) is 6.44. The lowest BCUT2D eigenvalue weighted by molar-refractivity contribution is -0.133. The van der Waals surface area contributed by atoms with Crippen molar-refractivity contribution in [1.82, 2.24) is 15.3 Å². The summed E-state index contributed by atoms with van der Waals surface area (Å²) in [6, 6.07) is 21.4. The highest BCUT2D eigenvalue weighted by Crippen LogP contribution is 2.31. The van der Waals surface area contributed by atoms with Gasteiger partial charge in [-0.05, 0) is 29.8 Å². The Hall–Kier alpha value is -3.78. The summed E-state index contributed by atoms with van der Waals surface area (Å²) in [6.07, 6.45) is 0.945. The molecule has 2 aromatic carbocycles. The van der Waals surface area contributed by atoms with Crippen molar-refractivity contribution in [1.29, 1.82) is 0 Å². The number of amides is 2. The lowest BCUT2D eigenvalue weighted by Crippen LogP contribution is -2.27. The second-order valence-electron chi connectivity index (χ2n) is 7.71. The highest BCUT2D eigenvalue weighted by Gasteiger charge is 2.22. The molecule has 0 bridgehead atoms. The van der Waals surface area contributed by atoms with Crippen LogP contribution in [0.1, 0.15) is 30.6 Å². The van der Waals surface area contributed by atoms with Crippen LogP contribution in [0.4, 0.5) is 0 Å². The normalized spacial score (nSPS) is 13.3. The van der Waals surface area contributed by atoms with Gasteiger partial charge < -0.3 is 9.73 Å². The van der Waals surface area contributed by atoms with Crippen LogP contribution in [0.2, 0.25) is 0 Å². The molecular weight excluding hydrogens is 436 g/mol. The number of nitrogens with one attached hydrogen (secondary N) is 1. The van der Waals surface area contributed by atoms with Crippen LogP contribution in [0.5, 0.6) is 0 Å². The maximum absolute atomic E-state index is 12.4. The van der Waals surface area contributed by atoms with Crippen molar-refractivity contribution in [2.45, 2.75) is 25.8 Å². The molecule has 33 heavy (non-hydrogen) atoms. The number of fused-ring (bicyclic) bond motifs is 1. The Kier molecular flexibility index (Phi) is 5.99. The van der Waals surface area contributed by atoms with Gasteiger partial charge in [-0.25, -0.2) is 9.99 Å². The van der Waals surface area contributed by atoms with Crippen LogP contribution in [0.3, 0.4) is 0 Å². The fourth-order valence-corrected chi connectivity index (χ4v) is 4.59. The van der Waals surface area contributed by atoms with Gasteiger partial charge in [0.25, 0.3) is 0 Å². The van der Waals surface area contributed by atoms with Gasteiger partial charge in [0.1, 0.15) is 5.76 Å². The van der Waals surface area contributed by atoms with Gasteiger partial charge in [0.2, 0.25) is 11.8 Å². The summed E-state index contributed by atoms with van der Waals surface area (Å²) in [4.78, 5) is 29.3. The minimum atomic E-state index is -0.201. The molecule has 0 saturated carbocycles. The first kappa shape index (κ1) is 21.1. The third kappa shape index (κ3) is 4.85. The summed E-state index contributed by atoms with van der Waals surface area (Å²) in [6.45, 7) is 0.809. The van der Waals surface area contributed by atoms with E-state index in [1.165, 1.54) is 5.01 Å². The van der Waals surface area contributed by atoms with Crippen molar-refractivity contribution in [3.05, 3.63) is 78.1 Å². The number of para-hydroxylation sites is 1. The monoisotopic (exact) mass is 458 g/mol. The van der Waals surface area contributed by atoms with E-state index in [1.807, 2.05) is 66.7 Å². The molecular formula is C25H22N4O3S. The van der Waals surface area contributed by atoms with Gasteiger partial charge in [-0.3, -0.25) is 9.59 Å². The van der Waals surface area contributed by atoms with Gasteiger partial charge in [-0.1, -0.05) is 42.5 Å². The number of hydrogen-bond donors (Lipinski definition) is 1. The standard InChI is InChI=1S/C25H22N4O3S/c30-23(12-13-24(31)29-15-14-19(28-29)17-6-2-1-3-7-17)26-16-18-10-11-21(32-18)25-27-20-8-4-5-9-22(20)33-25/h1-11H,12-16H2,(H,26,30). The average Bonchev–Trinajstić information content (AvgIpc) is 3.60. The Balaban J connectivity index is 1.10. The molecule has 0 saturated heterocycles. The molecule has 0 unspecified atom stereocenters. The molecule has 2 aromatic heterocycles. The fourth-order valence-electron chi connectivity index (χ4n) is 3.66. The van der Waals surface area contributed by atoms with Crippen LogP contribution in [0.25, 0.3) is 21.0 Å². The molecule has 2 amide bonds. The van der Waals surface area contributed by atoms with E-state index in [9.17, 15) is 9.59 Å². The molecule has 4 aromatic rings. The molecule has 0 spiro atoms. The first-order valence-electron chi connectivity index (χ1n) is 10.8. The first-order valence-corrected chi connectivity index (χ1v) is 11.6. The van der Waals surface area contributed by atoms with Crippen LogP contribution in [0, 0.1) is 0 Å². The SMILES string of the molecule is O=C(CCC(=O)N1CCC(c2ccccc2)=N1)NCc1ccc(-c2nc3ccccc3s2)o1. The highest BCUT2D eigenvalue weighted by molar-refractivity contribution is 7.21. The lowest BCUT2D eigenvalue weighted by Gasteiger charge is -2.11. The van der Waals surface area contributed by atoms with E-state index in [2.05, 4.69) is 15.4 Å². The Morgan fingerprint density at radius 3 is 2.67 bits per heavy atom. The Morgan fingerprint density at radius 1 is 1.00 bits per heavy atom. The smallest absolute Gasteiger partial charge is 0.243 e. The van der Waals surface area contributed by atoms with Crippen LogP contribution >= 0.6 is 11.3 Å². The summed E-state index contributed by atoms with van der Waals surface area (Å²) in [5, 5.41) is 9.51. The van der Waals surface area contributed by atoms with Crippen molar-refractivity contribution >= 4 is 39.1 Å². The van der Waals surface area contributed by atoms with Crippen molar-refractivity contribution in [2.24, 2.45) is 5.10 Å². The van der Waals surface area contributed by atoms with E-state index in [1.54, 1.807) is 11.3 Å². The molecule has 0 fully saturated rings. The summed E-state index contributed by atoms with van der Waals surface area (Å²) in [5.41, 5.74) is 2.86. The maximum Gasteiger partial charge on any atom is 0.243 e. The average molecular weight is 459 g/mol. The van der Waals surface area contributed by atoms with Gasteiger partial charge in [-0.15, -0.1) is 11.3 Å². The second kappa shape index (κ2) is 9.38. The molecule has 1 aliphatic heterocycles. The molecule has 0 aliphatic carbocycles. The van der Waals surface area contributed by atoms with E-state index < -0.39 is 0 Å². The van der Waals surface area contributed by atoms with Crippen LogP contribution < -0.4 is 5.32 Å². The number of carbonyl (C=O) groups is 2. The van der Waals surface area contributed by atoms with Gasteiger partial charge in [-0.2, -0.15) is 5.10 Å². The van der Waals surface area contributed by atoms with Crippen molar-refractivity contribution in [3.8, 4) is 10.8 Å². The molecule has 0 radical (unpaired) electrons. The topological polar surface area (TPSA) is 87.8 Å². The van der Waals surface area contributed by atoms with E-state index in [-0.39, 0.29) is 31.2 Å². The minimum Gasteiger partial charge on any atom is -0.457 e. The molecule has 5 rings (SSSR count). The number of thiazole rings is 1. The summed E-state index contributed by atoms with van der Waals surface area (Å²) >= 11 is 1.57. The highest BCUT2D eigenvalue weighted by atomic mass is 32.1. The number of aromatic nitrogens is 1. The lowest BCUT2D eigenvalue weighted by atomic mass is 10.1. The second-order valence-corrected chi connectivity index (χ2v) is 8.74. The molecule has 1 N–H and O–H groups in total. The summed E-state index contributed by atoms with van der Waals surface area (Å²) in [5.74, 6) is 0.970. The molecule has 1 aliphatic rings.